The van der Waals surface area contributed by atoms with E-state index >= 15 is 0 Å². The second-order valence-corrected chi connectivity index (χ2v) is 6.79. The molecule has 2 aromatic heterocycles. The molecule has 9 heteroatoms. The standard InChI is InChI=1S/C18H25N5O4/c1-3-4-7-27-12-14-8-13-9-23(18(26)20-17(13)19-14)11-16(25)22-6-5-21(2)15(24)10-22/h8-9H,3-7,10-12H2,1-2H3,(H,19,20,26). The molecule has 0 spiro atoms. The van der Waals surface area contributed by atoms with Gasteiger partial charge in [-0.25, -0.2) is 4.79 Å². The van der Waals surface area contributed by atoms with Crippen LogP contribution in [0.25, 0.3) is 11.0 Å². The summed E-state index contributed by atoms with van der Waals surface area (Å²) in [5.74, 6) is -0.368. The molecule has 27 heavy (non-hydrogen) atoms. The van der Waals surface area contributed by atoms with E-state index in [0.29, 0.717) is 32.0 Å². The number of fused-ring (bicyclic) bond motifs is 1. The van der Waals surface area contributed by atoms with Gasteiger partial charge in [-0.2, -0.15) is 4.98 Å². The highest BCUT2D eigenvalue weighted by Crippen LogP contribution is 2.12. The number of hydrogen-bond donors (Lipinski definition) is 1. The monoisotopic (exact) mass is 375 g/mol. The lowest BCUT2D eigenvalue weighted by atomic mass is 10.3. The van der Waals surface area contributed by atoms with Gasteiger partial charge in [0.2, 0.25) is 11.8 Å². The Morgan fingerprint density at radius 3 is 2.89 bits per heavy atom. The lowest BCUT2D eigenvalue weighted by Gasteiger charge is -2.32. The van der Waals surface area contributed by atoms with Crippen LogP contribution in [0.1, 0.15) is 25.5 Å². The van der Waals surface area contributed by atoms with Gasteiger partial charge in [-0.3, -0.25) is 14.2 Å². The molecule has 0 unspecified atom stereocenters. The summed E-state index contributed by atoms with van der Waals surface area (Å²) in [5, 5.41) is 0.742. The van der Waals surface area contributed by atoms with Gasteiger partial charge >= 0.3 is 5.69 Å². The number of hydrogen-bond acceptors (Lipinski definition) is 5. The Hall–Kier alpha value is -2.68. The summed E-state index contributed by atoms with van der Waals surface area (Å²) in [6.45, 7) is 4.08. The van der Waals surface area contributed by atoms with Gasteiger partial charge in [0.05, 0.1) is 13.2 Å². The van der Waals surface area contributed by atoms with Gasteiger partial charge in [-0.1, -0.05) is 13.3 Å². The first-order valence-electron chi connectivity index (χ1n) is 9.16. The van der Waals surface area contributed by atoms with Crippen LogP contribution in [0.3, 0.4) is 0 Å². The number of ether oxygens (including phenoxy) is 1. The zero-order valence-corrected chi connectivity index (χ0v) is 15.7. The summed E-state index contributed by atoms with van der Waals surface area (Å²) in [7, 11) is 1.71. The Kier molecular flexibility index (Phi) is 5.90. The molecule has 3 heterocycles. The highest BCUT2D eigenvalue weighted by atomic mass is 16.5. The number of likely N-dealkylation sites (N-methyl/N-ethyl adjacent to an activating group) is 1. The number of aromatic nitrogens is 3. The molecule has 9 nitrogen and oxygen atoms in total. The largest absolute Gasteiger partial charge is 0.375 e. The molecule has 0 atom stereocenters. The number of nitrogens with one attached hydrogen (secondary N) is 1. The Labute approximate surface area is 156 Å². The van der Waals surface area contributed by atoms with E-state index in [9.17, 15) is 14.4 Å². The summed E-state index contributed by atoms with van der Waals surface area (Å²) in [6, 6.07) is 1.87. The Bertz CT molecular complexity index is 887. The van der Waals surface area contributed by atoms with Gasteiger partial charge < -0.3 is 19.5 Å². The van der Waals surface area contributed by atoms with Gasteiger partial charge in [0.1, 0.15) is 12.2 Å². The molecule has 0 aliphatic carbocycles. The average Bonchev–Trinajstić information content (AvgIpc) is 3.02. The second kappa shape index (κ2) is 8.34. The van der Waals surface area contributed by atoms with Crippen molar-refractivity contribution in [1.29, 1.82) is 0 Å². The van der Waals surface area contributed by atoms with Crippen molar-refractivity contribution in [3.63, 3.8) is 0 Å². The predicted octanol–water partition coefficient (Wildman–Crippen LogP) is 0.342. The average molecular weight is 375 g/mol. The van der Waals surface area contributed by atoms with E-state index in [1.807, 2.05) is 6.07 Å². The van der Waals surface area contributed by atoms with Crippen molar-refractivity contribution >= 4 is 22.8 Å². The maximum Gasteiger partial charge on any atom is 0.350 e. The van der Waals surface area contributed by atoms with Crippen molar-refractivity contribution < 1.29 is 14.3 Å². The molecule has 1 aliphatic rings. The molecular formula is C18H25N5O4. The van der Waals surface area contributed by atoms with Crippen LogP contribution in [0.5, 0.6) is 0 Å². The molecule has 0 radical (unpaired) electrons. The maximum atomic E-state index is 12.5. The van der Waals surface area contributed by atoms with E-state index < -0.39 is 5.69 Å². The first kappa shape index (κ1) is 19.1. The van der Waals surface area contributed by atoms with E-state index in [1.54, 1.807) is 18.1 Å². The first-order valence-corrected chi connectivity index (χ1v) is 9.16. The third kappa shape index (κ3) is 4.54. The summed E-state index contributed by atoms with van der Waals surface area (Å²) < 4.78 is 6.85. The van der Waals surface area contributed by atoms with Gasteiger partial charge in [0.15, 0.2) is 0 Å². The highest BCUT2D eigenvalue weighted by Gasteiger charge is 2.25. The van der Waals surface area contributed by atoms with Crippen molar-refractivity contribution in [3.8, 4) is 0 Å². The molecule has 146 valence electrons. The molecule has 1 fully saturated rings. The maximum absolute atomic E-state index is 12.5. The Morgan fingerprint density at radius 2 is 2.15 bits per heavy atom. The van der Waals surface area contributed by atoms with Crippen LogP contribution in [0, 0.1) is 0 Å². The molecular weight excluding hydrogens is 350 g/mol. The normalized spacial score (nSPS) is 15.0. The smallest absolute Gasteiger partial charge is 0.350 e. The first-order chi connectivity index (χ1) is 13.0. The SMILES string of the molecule is CCCCOCc1cc2cn(CC(=O)N3CCN(C)C(=O)C3)c(=O)nc2[nH]1. The Balaban J connectivity index is 1.69. The quantitative estimate of drug-likeness (QED) is 0.704. The topological polar surface area (TPSA) is 101 Å². The van der Waals surface area contributed by atoms with Crippen molar-refractivity contribution in [2.24, 2.45) is 0 Å². The number of aromatic amines is 1. The molecule has 2 aromatic rings. The van der Waals surface area contributed by atoms with E-state index in [2.05, 4.69) is 16.9 Å². The van der Waals surface area contributed by atoms with E-state index in [-0.39, 0.29) is 24.9 Å². The lowest BCUT2D eigenvalue weighted by molar-refractivity contribution is -0.144. The van der Waals surface area contributed by atoms with E-state index in [0.717, 1.165) is 23.9 Å². The number of rotatable bonds is 7. The van der Waals surface area contributed by atoms with Crippen molar-refractivity contribution in [3.05, 3.63) is 28.4 Å². The fourth-order valence-electron chi connectivity index (χ4n) is 2.93. The molecule has 0 saturated carbocycles. The summed E-state index contributed by atoms with van der Waals surface area (Å²) in [5.41, 5.74) is 0.811. The summed E-state index contributed by atoms with van der Waals surface area (Å²) >= 11 is 0. The summed E-state index contributed by atoms with van der Waals surface area (Å²) in [6.07, 6.45) is 3.69. The lowest BCUT2D eigenvalue weighted by Crippen LogP contribution is -2.51. The van der Waals surface area contributed by atoms with Gasteiger partial charge in [0.25, 0.3) is 0 Å². The van der Waals surface area contributed by atoms with Crippen LogP contribution in [0.4, 0.5) is 0 Å². The zero-order valence-electron chi connectivity index (χ0n) is 15.7. The number of H-pyrrole nitrogens is 1. The van der Waals surface area contributed by atoms with Crippen LogP contribution in [-0.2, 0) is 27.5 Å². The minimum Gasteiger partial charge on any atom is -0.375 e. The number of piperazine rings is 1. The fourth-order valence-corrected chi connectivity index (χ4v) is 2.93. The second-order valence-electron chi connectivity index (χ2n) is 6.79. The van der Waals surface area contributed by atoms with Gasteiger partial charge in [-0.15, -0.1) is 0 Å². The molecule has 2 amide bonds. The molecule has 3 rings (SSSR count). The Morgan fingerprint density at radius 1 is 1.33 bits per heavy atom. The number of unbranched alkanes of at least 4 members (excludes halogenated alkanes) is 1. The molecule has 0 aromatic carbocycles. The predicted molar refractivity (Wildman–Crippen MR) is 99.1 cm³/mol. The third-order valence-corrected chi connectivity index (χ3v) is 4.65. The van der Waals surface area contributed by atoms with Crippen molar-refractivity contribution in [2.75, 3.05) is 33.3 Å². The third-order valence-electron chi connectivity index (χ3n) is 4.65. The van der Waals surface area contributed by atoms with Crippen LogP contribution >= 0.6 is 0 Å². The number of carbonyl (C=O) groups excluding carboxylic acids is 2. The van der Waals surface area contributed by atoms with E-state index in [1.165, 1.54) is 9.47 Å². The minimum atomic E-state index is -0.503. The van der Waals surface area contributed by atoms with Crippen LogP contribution in [0.2, 0.25) is 0 Å². The number of nitrogens with zero attached hydrogens (tertiary/aromatic N) is 4. The molecule has 0 bridgehead atoms. The van der Waals surface area contributed by atoms with Crippen LogP contribution in [-0.4, -0.2) is 69.4 Å². The van der Waals surface area contributed by atoms with Crippen molar-refractivity contribution in [2.45, 2.75) is 32.9 Å². The van der Waals surface area contributed by atoms with Gasteiger partial charge in [-0.05, 0) is 12.5 Å². The summed E-state index contributed by atoms with van der Waals surface area (Å²) in [4.78, 5) is 46.6. The minimum absolute atomic E-state index is 0.0448. The van der Waals surface area contributed by atoms with E-state index in [4.69, 9.17) is 4.74 Å². The number of amides is 2. The molecule has 1 N–H and O–H groups in total. The zero-order chi connectivity index (χ0) is 19.4. The molecule has 1 saturated heterocycles. The van der Waals surface area contributed by atoms with Crippen molar-refractivity contribution in [1.82, 2.24) is 24.3 Å². The molecule has 1 aliphatic heterocycles. The highest BCUT2D eigenvalue weighted by molar-refractivity contribution is 5.86. The van der Waals surface area contributed by atoms with Crippen LogP contribution in [0.15, 0.2) is 17.1 Å². The number of carbonyl (C=O) groups is 2. The van der Waals surface area contributed by atoms with Gasteiger partial charge in [0, 0.05) is 44.0 Å². The fraction of sp³-hybridized carbons (Fsp3) is 0.556. The van der Waals surface area contributed by atoms with Crippen LogP contribution < -0.4 is 5.69 Å².